The van der Waals surface area contributed by atoms with E-state index in [1.54, 1.807) is 0 Å². The van der Waals surface area contributed by atoms with Crippen LogP contribution in [-0.2, 0) is 10.0 Å². The van der Waals surface area contributed by atoms with Crippen LogP contribution < -0.4 is 4.31 Å². The van der Waals surface area contributed by atoms with Crippen molar-refractivity contribution >= 4 is 21.4 Å². The molecule has 0 aromatic heterocycles. The van der Waals surface area contributed by atoms with Crippen molar-refractivity contribution in [1.29, 1.82) is 0 Å². The molecule has 0 spiro atoms. The summed E-state index contributed by atoms with van der Waals surface area (Å²) in [6.45, 7) is 1.50. The number of hydrogen-bond donors (Lipinski definition) is 0. The van der Waals surface area contributed by atoms with Crippen LogP contribution in [0, 0.1) is 15.9 Å². The van der Waals surface area contributed by atoms with E-state index in [0.29, 0.717) is 0 Å². The second-order valence-corrected chi connectivity index (χ2v) is 5.22. The van der Waals surface area contributed by atoms with Crippen LogP contribution in [0.3, 0.4) is 0 Å². The van der Waals surface area contributed by atoms with E-state index in [2.05, 4.69) is 0 Å². The van der Waals surface area contributed by atoms with Gasteiger partial charge in [-0.1, -0.05) is 0 Å². The van der Waals surface area contributed by atoms with Crippen LogP contribution in [0.15, 0.2) is 18.2 Å². The van der Waals surface area contributed by atoms with Crippen LogP contribution in [0.2, 0.25) is 0 Å². The van der Waals surface area contributed by atoms with E-state index in [4.69, 9.17) is 0 Å². The summed E-state index contributed by atoms with van der Waals surface area (Å²) in [5.41, 5.74) is -0.710. The second kappa shape index (κ2) is 4.66. The highest BCUT2D eigenvalue weighted by atomic mass is 32.2. The van der Waals surface area contributed by atoms with Crippen molar-refractivity contribution in [2.75, 3.05) is 17.1 Å². The van der Waals surface area contributed by atoms with Gasteiger partial charge in [0.1, 0.15) is 11.5 Å². The van der Waals surface area contributed by atoms with E-state index in [1.807, 2.05) is 0 Å². The Balaban J connectivity index is 3.47. The van der Waals surface area contributed by atoms with Gasteiger partial charge >= 0.3 is 0 Å². The van der Waals surface area contributed by atoms with Gasteiger partial charge in [-0.25, -0.2) is 12.8 Å². The molecule has 0 atom stereocenters. The first-order valence-electron chi connectivity index (χ1n) is 4.69. The minimum absolute atomic E-state index is 0.0108. The number of rotatable bonds is 4. The first-order chi connectivity index (χ1) is 7.77. The van der Waals surface area contributed by atoms with Crippen molar-refractivity contribution < 1.29 is 17.7 Å². The number of halogens is 1. The van der Waals surface area contributed by atoms with E-state index in [1.165, 1.54) is 6.92 Å². The van der Waals surface area contributed by atoms with Crippen LogP contribution >= 0.6 is 0 Å². The van der Waals surface area contributed by atoms with E-state index >= 15 is 0 Å². The molecule has 0 saturated carbocycles. The van der Waals surface area contributed by atoms with Crippen molar-refractivity contribution in [3.05, 3.63) is 34.1 Å². The Morgan fingerprint density at radius 3 is 2.47 bits per heavy atom. The minimum Gasteiger partial charge on any atom is -0.264 e. The van der Waals surface area contributed by atoms with Gasteiger partial charge in [-0.15, -0.1) is 0 Å². The molecule has 0 radical (unpaired) electrons. The maximum Gasteiger partial charge on any atom is 0.293 e. The first kappa shape index (κ1) is 13.4. The number of nitro benzene ring substituents is 1. The number of sulfonamides is 1. The van der Waals surface area contributed by atoms with Crippen molar-refractivity contribution in [3.63, 3.8) is 0 Å². The predicted octanol–water partition coefficient (Wildman–Crippen LogP) is 1.52. The Labute approximate surface area is 97.9 Å². The molecule has 0 aliphatic carbocycles. The number of anilines is 1. The van der Waals surface area contributed by atoms with Crippen LogP contribution in [0.5, 0.6) is 0 Å². The molecule has 0 bridgehead atoms. The summed E-state index contributed by atoms with van der Waals surface area (Å²) < 4.78 is 36.7. The fourth-order valence-electron chi connectivity index (χ4n) is 1.43. The van der Waals surface area contributed by atoms with Gasteiger partial charge in [0.2, 0.25) is 10.0 Å². The third-order valence-corrected chi connectivity index (χ3v) is 3.35. The van der Waals surface area contributed by atoms with Gasteiger partial charge in [0.15, 0.2) is 0 Å². The Morgan fingerprint density at radius 2 is 2.06 bits per heavy atom. The Morgan fingerprint density at radius 1 is 1.47 bits per heavy atom. The third-order valence-electron chi connectivity index (χ3n) is 2.09. The molecule has 1 aromatic rings. The summed E-state index contributed by atoms with van der Waals surface area (Å²) in [6, 6.07) is 2.69. The molecule has 6 nitrogen and oxygen atoms in total. The number of nitrogens with zero attached hydrogens (tertiary/aromatic N) is 2. The van der Waals surface area contributed by atoms with Gasteiger partial charge in [0, 0.05) is 18.7 Å². The summed E-state index contributed by atoms with van der Waals surface area (Å²) in [5, 5.41) is 10.7. The lowest BCUT2D eigenvalue weighted by atomic mass is 10.2. The highest BCUT2D eigenvalue weighted by molar-refractivity contribution is 7.92. The summed E-state index contributed by atoms with van der Waals surface area (Å²) in [6.07, 6.45) is 0.908. The summed E-state index contributed by atoms with van der Waals surface area (Å²) in [4.78, 5) is 9.99. The first-order valence-corrected chi connectivity index (χ1v) is 6.54. The molecule has 0 unspecified atom stereocenters. The average Bonchev–Trinajstić information content (AvgIpc) is 2.15. The lowest BCUT2D eigenvalue weighted by Crippen LogP contribution is -2.30. The van der Waals surface area contributed by atoms with E-state index in [9.17, 15) is 22.9 Å². The zero-order valence-electron chi connectivity index (χ0n) is 9.25. The molecule has 1 aromatic carbocycles. The number of nitro groups is 1. The quantitative estimate of drug-likeness (QED) is 0.608. The van der Waals surface area contributed by atoms with Gasteiger partial charge in [0.05, 0.1) is 11.2 Å². The molecular weight excluding hydrogens is 251 g/mol. The fraction of sp³-hybridized carbons (Fsp3) is 0.333. The largest absolute Gasteiger partial charge is 0.293 e. The molecule has 0 saturated heterocycles. The lowest BCUT2D eigenvalue weighted by molar-refractivity contribution is -0.384. The summed E-state index contributed by atoms with van der Waals surface area (Å²) >= 11 is 0. The predicted molar refractivity (Wildman–Crippen MR) is 60.9 cm³/mol. The Kier molecular flexibility index (Phi) is 3.66. The number of benzene rings is 1. The molecule has 0 aliphatic rings. The van der Waals surface area contributed by atoms with Gasteiger partial charge in [-0.3, -0.25) is 14.4 Å². The maximum absolute atomic E-state index is 13.1. The van der Waals surface area contributed by atoms with Crippen LogP contribution in [0.4, 0.5) is 15.8 Å². The molecule has 0 N–H and O–H groups in total. The van der Waals surface area contributed by atoms with Crippen LogP contribution in [0.25, 0.3) is 0 Å². The molecule has 0 fully saturated rings. The van der Waals surface area contributed by atoms with Gasteiger partial charge in [0.25, 0.3) is 5.69 Å². The van der Waals surface area contributed by atoms with Crippen LogP contribution in [0.1, 0.15) is 6.92 Å². The standard InChI is InChI=1S/C9H11FN2O4S/c1-3-11(17(2,15)16)9-6-7(10)4-5-8(9)12(13)14/h4-6H,3H2,1-2H3. The minimum atomic E-state index is -3.68. The summed E-state index contributed by atoms with van der Waals surface area (Å²) in [5.74, 6) is -0.729. The average molecular weight is 262 g/mol. The third kappa shape index (κ3) is 2.90. The van der Waals surface area contributed by atoms with Crippen molar-refractivity contribution in [1.82, 2.24) is 0 Å². The zero-order valence-corrected chi connectivity index (χ0v) is 10.1. The highest BCUT2D eigenvalue weighted by Crippen LogP contribution is 2.30. The maximum atomic E-state index is 13.1. The van der Waals surface area contributed by atoms with Gasteiger partial charge < -0.3 is 0 Å². The normalized spacial score (nSPS) is 11.2. The molecule has 0 amide bonds. The molecule has 0 aliphatic heterocycles. The second-order valence-electron chi connectivity index (χ2n) is 3.32. The molecule has 0 heterocycles. The summed E-state index contributed by atoms with van der Waals surface area (Å²) in [7, 11) is -3.68. The van der Waals surface area contributed by atoms with Crippen molar-refractivity contribution in [2.24, 2.45) is 0 Å². The lowest BCUT2D eigenvalue weighted by Gasteiger charge is -2.19. The van der Waals surface area contributed by atoms with Gasteiger partial charge in [-0.2, -0.15) is 0 Å². The SMILES string of the molecule is CCN(c1cc(F)ccc1[N+](=O)[O-])S(C)(=O)=O. The van der Waals surface area contributed by atoms with Crippen molar-refractivity contribution in [2.45, 2.75) is 6.92 Å². The molecule has 8 heteroatoms. The highest BCUT2D eigenvalue weighted by Gasteiger charge is 2.24. The fourth-order valence-corrected chi connectivity index (χ4v) is 2.41. The van der Waals surface area contributed by atoms with Crippen molar-refractivity contribution in [3.8, 4) is 0 Å². The van der Waals surface area contributed by atoms with Gasteiger partial charge in [-0.05, 0) is 13.0 Å². The molecule has 94 valence electrons. The zero-order chi connectivity index (χ0) is 13.2. The van der Waals surface area contributed by atoms with E-state index in [-0.39, 0.29) is 12.2 Å². The Bertz CT molecular complexity index is 544. The van der Waals surface area contributed by atoms with E-state index < -0.39 is 26.5 Å². The van der Waals surface area contributed by atoms with Crippen LogP contribution in [-0.4, -0.2) is 26.1 Å². The number of hydrogen-bond acceptors (Lipinski definition) is 4. The van der Waals surface area contributed by atoms with E-state index in [0.717, 1.165) is 28.8 Å². The Hall–Kier alpha value is -1.70. The topological polar surface area (TPSA) is 80.5 Å². The molecule has 1 rings (SSSR count). The smallest absolute Gasteiger partial charge is 0.264 e. The monoisotopic (exact) mass is 262 g/mol. The molecular formula is C9H11FN2O4S. The molecule has 17 heavy (non-hydrogen) atoms.